The Bertz CT molecular complexity index is 1040. The van der Waals surface area contributed by atoms with Crippen LogP contribution in [0.25, 0.3) is 10.9 Å². The van der Waals surface area contributed by atoms with Crippen LogP contribution < -0.4 is 4.90 Å². The van der Waals surface area contributed by atoms with Crippen LogP contribution in [-0.2, 0) is 19.4 Å². The van der Waals surface area contributed by atoms with Crippen LogP contribution in [0.5, 0.6) is 0 Å². The van der Waals surface area contributed by atoms with E-state index in [0.717, 1.165) is 45.0 Å². The average molecular weight is 389 g/mol. The first-order chi connectivity index (χ1) is 14.1. The Morgan fingerprint density at radius 3 is 2.55 bits per heavy atom. The van der Waals surface area contributed by atoms with Crippen molar-refractivity contribution in [1.29, 1.82) is 0 Å². The van der Waals surface area contributed by atoms with Crippen LogP contribution >= 0.6 is 0 Å². The zero-order valence-corrected chi connectivity index (χ0v) is 18.0. The molecule has 0 saturated carbocycles. The molecular weight excluding hydrogens is 356 g/mol. The predicted octanol–water partition coefficient (Wildman–Crippen LogP) is 4.27. The van der Waals surface area contributed by atoms with Gasteiger partial charge in [-0.1, -0.05) is 11.6 Å². The minimum atomic E-state index is 1.07. The Morgan fingerprint density at radius 2 is 1.76 bits per heavy atom. The largest absolute Gasteiger partial charge is 0.354 e. The quantitative estimate of drug-likeness (QED) is 0.667. The third-order valence-corrected chi connectivity index (χ3v) is 6.87. The van der Waals surface area contributed by atoms with E-state index in [2.05, 4.69) is 64.4 Å². The Kier molecular flexibility index (Phi) is 4.83. The summed E-state index contributed by atoms with van der Waals surface area (Å²) in [5.41, 5.74) is 8.84. The zero-order valence-electron chi connectivity index (χ0n) is 18.0. The number of rotatable bonds is 4. The van der Waals surface area contributed by atoms with Gasteiger partial charge in [-0.05, 0) is 74.9 Å². The van der Waals surface area contributed by atoms with Gasteiger partial charge in [-0.25, -0.2) is 4.98 Å². The third kappa shape index (κ3) is 3.44. The summed E-state index contributed by atoms with van der Waals surface area (Å²) < 4.78 is 2.59. The molecule has 0 unspecified atom stereocenters. The molecule has 2 aromatic heterocycles. The van der Waals surface area contributed by atoms with E-state index in [0.29, 0.717) is 0 Å². The minimum Gasteiger partial charge on any atom is -0.354 e. The maximum absolute atomic E-state index is 4.57. The Labute approximate surface area is 174 Å². The molecule has 0 spiro atoms. The van der Waals surface area contributed by atoms with Gasteiger partial charge in [0.05, 0.1) is 5.52 Å². The lowest BCUT2D eigenvalue weighted by atomic mass is 9.98. The van der Waals surface area contributed by atoms with Crippen molar-refractivity contribution >= 4 is 16.7 Å². The minimum absolute atomic E-state index is 1.07. The lowest BCUT2D eigenvalue weighted by Crippen LogP contribution is -2.47. The zero-order chi connectivity index (χ0) is 20.0. The molecule has 2 aliphatic rings. The van der Waals surface area contributed by atoms with Gasteiger partial charge in [0.1, 0.15) is 5.82 Å². The van der Waals surface area contributed by atoms with Gasteiger partial charge in [0.25, 0.3) is 0 Å². The molecule has 0 aliphatic carbocycles. The Balaban J connectivity index is 1.29. The molecule has 152 valence electrons. The second kappa shape index (κ2) is 7.49. The molecular formula is C25H32N4. The highest BCUT2D eigenvalue weighted by Gasteiger charge is 2.22. The number of hydrogen-bond acceptors (Lipinski definition) is 3. The molecule has 29 heavy (non-hydrogen) atoms. The van der Waals surface area contributed by atoms with Crippen LogP contribution in [0, 0.1) is 20.8 Å². The number of aromatic nitrogens is 2. The molecule has 2 aliphatic heterocycles. The number of nitrogens with zero attached hydrogens (tertiary/aromatic N) is 4. The predicted molar refractivity (Wildman–Crippen MR) is 121 cm³/mol. The van der Waals surface area contributed by atoms with Gasteiger partial charge in [0, 0.05) is 56.5 Å². The van der Waals surface area contributed by atoms with Crippen molar-refractivity contribution in [2.45, 2.75) is 46.6 Å². The summed E-state index contributed by atoms with van der Waals surface area (Å²) in [5.74, 6) is 1.13. The normalized spacial score (nSPS) is 17.3. The number of anilines is 1. The van der Waals surface area contributed by atoms with Crippen molar-refractivity contribution in [1.82, 2.24) is 14.5 Å². The standard InChI is InChI=1S/C25H32N4/c1-18-6-8-26-24(17-18)28-13-11-27(12-14-28)10-7-22-20(3)29-9-4-5-21-15-19(2)16-23(22)25(21)29/h6,8,15-17H,4-5,7,9-14H2,1-3H3. The molecule has 4 heterocycles. The van der Waals surface area contributed by atoms with E-state index in [1.54, 1.807) is 11.1 Å². The van der Waals surface area contributed by atoms with E-state index >= 15 is 0 Å². The fourth-order valence-corrected chi connectivity index (χ4v) is 5.31. The molecule has 0 bridgehead atoms. The van der Waals surface area contributed by atoms with E-state index in [9.17, 15) is 0 Å². The lowest BCUT2D eigenvalue weighted by Gasteiger charge is -2.35. The van der Waals surface area contributed by atoms with Gasteiger partial charge in [-0.15, -0.1) is 0 Å². The van der Waals surface area contributed by atoms with Gasteiger partial charge in [0.2, 0.25) is 0 Å². The molecule has 0 N–H and O–H groups in total. The van der Waals surface area contributed by atoms with Gasteiger partial charge >= 0.3 is 0 Å². The first kappa shape index (κ1) is 18.7. The van der Waals surface area contributed by atoms with Gasteiger partial charge < -0.3 is 9.47 Å². The summed E-state index contributed by atoms with van der Waals surface area (Å²) in [4.78, 5) is 9.63. The van der Waals surface area contributed by atoms with Gasteiger partial charge in [-0.3, -0.25) is 4.90 Å². The fourth-order valence-electron chi connectivity index (χ4n) is 5.31. The topological polar surface area (TPSA) is 24.3 Å². The molecule has 1 fully saturated rings. The summed E-state index contributed by atoms with van der Waals surface area (Å²) in [6.45, 7) is 13.4. The smallest absolute Gasteiger partial charge is 0.128 e. The first-order valence-electron chi connectivity index (χ1n) is 11.1. The highest BCUT2D eigenvalue weighted by molar-refractivity contribution is 5.89. The SMILES string of the molecule is Cc1ccnc(N2CCN(CCc3c(C)n4c5c(cc(C)cc35)CCC4)CC2)c1. The van der Waals surface area contributed by atoms with Crippen molar-refractivity contribution in [3.05, 3.63) is 58.4 Å². The van der Waals surface area contributed by atoms with Crippen LogP contribution in [0.4, 0.5) is 5.82 Å². The Morgan fingerprint density at radius 1 is 0.931 bits per heavy atom. The maximum Gasteiger partial charge on any atom is 0.128 e. The van der Waals surface area contributed by atoms with Crippen molar-refractivity contribution in [2.24, 2.45) is 0 Å². The third-order valence-electron chi connectivity index (χ3n) is 6.87. The first-order valence-corrected chi connectivity index (χ1v) is 11.1. The molecule has 4 nitrogen and oxygen atoms in total. The van der Waals surface area contributed by atoms with Crippen LogP contribution in [0.1, 0.15) is 34.4 Å². The van der Waals surface area contributed by atoms with Crippen LogP contribution in [0.2, 0.25) is 0 Å². The summed E-state index contributed by atoms with van der Waals surface area (Å²) in [6, 6.07) is 9.10. The van der Waals surface area contributed by atoms with Gasteiger partial charge in [-0.2, -0.15) is 0 Å². The van der Waals surface area contributed by atoms with Gasteiger partial charge in [0.15, 0.2) is 0 Å². The van der Waals surface area contributed by atoms with Crippen molar-refractivity contribution in [3.63, 3.8) is 0 Å². The molecule has 4 heteroatoms. The summed E-state index contributed by atoms with van der Waals surface area (Å²) in [5, 5.41) is 1.51. The molecule has 1 aromatic carbocycles. The van der Waals surface area contributed by atoms with E-state index < -0.39 is 0 Å². The number of hydrogen-bond donors (Lipinski definition) is 0. The van der Waals surface area contributed by atoms with E-state index in [1.165, 1.54) is 47.1 Å². The monoisotopic (exact) mass is 388 g/mol. The number of aryl methyl sites for hydroxylation is 4. The van der Waals surface area contributed by atoms with E-state index in [-0.39, 0.29) is 0 Å². The second-order valence-electron chi connectivity index (χ2n) is 8.91. The number of piperazine rings is 1. The van der Waals surface area contributed by atoms with Crippen molar-refractivity contribution < 1.29 is 0 Å². The molecule has 1 saturated heterocycles. The highest BCUT2D eigenvalue weighted by atomic mass is 15.3. The summed E-state index contributed by atoms with van der Waals surface area (Å²) in [6.07, 6.45) is 5.59. The molecule has 0 amide bonds. The summed E-state index contributed by atoms with van der Waals surface area (Å²) >= 11 is 0. The van der Waals surface area contributed by atoms with E-state index in [4.69, 9.17) is 0 Å². The van der Waals surface area contributed by atoms with E-state index in [1.807, 2.05) is 6.20 Å². The second-order valence-corrected chi connectivity index (χ2v) is 8.91. The van der Waals surface area contributed by atoms with Crippen molar-refractivity contribution in [2.75, 3.05) is 37.6 Å². The van der Waals surface area contributed by atoms with Crippen LogP contribution in [-0.4, -0.2) is 47.2 Å². The Hall–Kier alpha value is -2.33. The fraction of sp³-hybridized carbons (Fsp3) is 0.480. The molecule has 0 radical (unpaired) electrons. The highest BCUT2D eigenvalue weighted by Crippen LogP contribution is 2.34. The van der Waals surface area contributed by atoms with Crippen LogP contribution in [0.3, 0.4) is 0 Å². The lowest BCUT2D eigenvalue weighted by molar-refractivity contribution is 0.260. The number of benzene rings is 1. The number of pyridine rings is 1. The molecule has 3 aromatic rings. The summed E-state index contributed by atoms with van der Waals surface area (Å²) in [7, 11) is 0. The van der Waals surface area contributed by atoms with Crippen molar-refractivity contribution in [3.8, 4) is 0 Å². The molecule has 0 atom stereocenters. The molecule has 5 rings (SSSR count). The van der Waals surface area contributed by atoms with Crippen LogP contribution in [0.15, 0.2) is 30.5 Å². The average Bonchev–Trinajstić information content (AvgIpc) is 2.99. The maximum atomic E-state index is 4.57.